The van der Waals surface area contributed by atoms with Crippen molar-refractivity contribution >= 4 is 40.4 Å². The first-order chi connectivity index (χ1) is 14.6. The molecule has 0 fully saturated rings. The molecule has 5 aromatic rings. The Bertz CT molecular complexity index is 1480. The van der Waals surface area contributed by atoms with E-state index in [0.29, 0.717) is 11.3 Å². The van der Waals surface area contributed by atoms with Crippen molar-refractivity contribution in [3.05, 3.63) is 84.5 Å². The van der Waals surface area contributed by atoms with Crippen molar-refractivity contribution in [3.8, 4) is 11.1 Å². The molecule has 30 heavy (non-hydrogen) atoms. The Morgan fingerprint density at radius 2 is 1.70 bits per heavy atom. The van der Waals surface area contributed by atoms with E-state index in [2.05, 4.69) is 41.3 Å². The second kappa shape index (κ2) is 6.16. The summed E-state index contributed by atoms with van der Waals surface area (Å²) < 4.78 is 19.0. The average molecular weight is 393 g/mol. The van der Waals surface area contributed by atoms with E-state index in [1.165, 1.54) is 0 Å². The van der Waals surface area contributed by atoms with Crippen LogP contribution in [0.2, 0.25) is 0 Å². The molecule has 1 aliphatic rings. The van der Waals surface area contributed by atoms with E-state index in [1.807, 2.05) is 50.5 Å². The van der Waals surface area contributed by atoms with Crippen LogP contribution in [0, 0.1) is 0 Å². The van der Waals surface area contributed by atoms with E-state index in [-0.39, 0.29) is 0 Å². The third-order valence-electron chi connectivity index (χ3n) is 5.96. The molecule has 0 bridgehead atoms. The molecule has 3 aromatic carbocycles. The van der Waals surface area contributed by atoms with Crippen LogP contribution in [0.25, 0.3) is 32.8 Å². The molecule has 0 saturated carbocycles. The highest BCUT2D eigenvalue weighted by atomic mass is 19.1. The SMILES string of the molecule is CN(C)c1ccc(-c2cc[n+]3c(c2)N=c2c4cccc5cccc(c54)n2B3F)cc1. The Labute approximate surface area is 173 Å². The van der Waals surface area contributed by atoms with E-state index in [4.69, 9.17) is 4.99 Å². The Balaban J connectivity index is 1.57. The summed E-state index contributed by atoms with van der Waals surface area (Å²) in [5.41, 5.74) is 4.79. The molecule has 6 rings (SSSR count). The maximum absolute atomic E-state index is 15.7. The zero-order chi connectivity index (χ0) is 20.4. The molecule has 144 valence electrons. The van der Waals surface area contributed by atoms with Crippen molar-refractivity contribution in [3.63, 3.8) is 0 Å². The zero-order valence-electron chi connectivity index (χ0n) is 16.7. The Hall–Kier alpha value is -3.67. The Kier molecular flexibility index (Phi) is 3.54. The lowest BCUT2D eigenvalue weighted by Crippen LogP contribution is -2.58. The van der Waals surface area contributed by atoms with Gasteiger partial charge in [-0.05, 0) is 51.8 Å². The van der Waals surface area contributed by atoms with Crippen LogP contribution in [0.15, 0.2) is 84.0 Å². The lowest BCUT2D eigenvalue weighted by atomic mass is 10.00. The second-order valence-corrected chi connectivity index (χ2v) is 7.92. The third kappa shape index (κ3) is 2.33. The number of aromatic nitrogens is 2. The van der Waals surface area contributed by atoms with E-state index < -0.39 is 7.26 Å². The van der Waals surface area contributed by atoms with Gasteiger partial charge in [-0.15, -0.1) is 0 Å². The lowest BCUT2D eigenvalue weighted by Gasteiger charge is -2.13. The van der Waals surface area contributed by atoms with Gasteiger partial charge in [-0.3, -0.25) is 8.79 Å². The molecule has 0 N–H and O–H groups in total. The van der Waals surface area contributed by atoms with Crippen molar-refractivity contribution in [2.75, 3.05) is 19.0 Å². The van der Waals surface area contributed by atoms with Crippen molar-refractivity contribution in [2.45, 2.75) is 0 Å². The first-order valence-corrected chi connectivity index (χ1v) is 9.99. The predicted octanol–water partition coefficient (Wildman–Crippen LogP) is 4.15. The summed E-state index contributed by atoms with van der Waals surface area (Å²) in [6.45, 7) is 0. The van der Waals surface area contributed by atoms with Crippen LogP contribution in [-0.2, 0) is 0 Å². The molecule has 6 heteroatoms. The van der Waals surface area contributed by atoms with Gasteiger partial charge in [0.1, 0.15) is 0 Å². The molecule has 0 atom stereocenters. The van der Waals surface area contributed by atoms with Crippen LogP contribution in [-0.4, -0.2) is 25.8 Å². The summed E-state index contributed by atoms with van der Waals surface area (Å²) in [4.78, 5) is 6.96. The van der Waals surface area contributed by atoms with Gasteiger partial charge in [-0.25, -0.2) is 4.48 Å². The number of hydrogen-bond donors (Lipinski definition) is 0. The second-order valence-electron chi connectivity index (χ2n) is 7.92. The van der Waals surface area contributed by atoms with Gasteiger partial charge in [0.25, 0.3) is 0 Å². The molecular weight excluding hydrogens is 374 g/mol. The molecule has 1 aliphatic heterocycles. The number of fused-ring (bicyclic) bond motifs is 4. The first kappa shape index (κ1) is 17.2. The zero-order valence-corrected chi connectivity index (χ0v) is 16.7. The Morgan fingerprint density at radius 1 is 0.933 bits per heavy atom. The van der Waals surface area contributed by atoms with Gasteiger partial charge in [0.2, 0.25) is 5.49 Å². The minimum atomic E-state index is -1.34. The van der Waals surface area contributed by atoms with Gasteiger partial charge in [0.05, 0.1) is 11.6 Å². The first-order valence-electron chi connectivity index (χ1n) is 9.99. The van der Waals surface area contributed by atoms with Crippen LogP contribution >= 0.6 is 0 Å². The number of benzene rings is 3. The third-order valence-corrected chi connectivity index (χ3v) is 5.96. The summed E-state index contributed by atoms with van der Waals surface area (Å²) in [6, 6.07) is 24.3. The van der Waals surface area contributed by atoms with Crippen molar-refractivity contribution in [2.24, 2.45) is 4.99 Å². The molecule has 0 saturated heterocycles. The predicted molar refractivity (Wildman–Crippen MR) is 120 cm³/mol. The van der Waals surface area contributed by atoms with Gasteiger partial charge in [-0.1, -0.05) is 36.4 Å². The van der Waals surface area contributed by atoms with Crippen molar-refractivity contribution in [1.82, 2.24) is 4.48 Å². The highest BCUT2D eigenvalue weighted by molar-refractivity contribution is 6.42. The van der Waals surface area contributed by atoms with Gasteiger partial charge < -0.3 is 4.90 Å². The van der Waals surface area contributed by atoms with Gasteiger partial charge in [0, 0.05) is 36.8 Å². The molecule has 0 spiro atoms. The number of rotatable bonds is 2. The van der Waals surface area contributed by atoms with Gasteiger partial charge in [-0.2, -0.15) is 0 Å². The van der Waals surface area contributed by atoms with Crippen LogP contribution in [0.3, 0.4) is 0 Å². The normalized spacial score (nSPS) is 12.7. The summed E-state index contributed by atoms with van der Waals surface area (Å²) in [5.74, 6) is 0.618. The van der Waals surface area contributed by atoms with E-state index >= 15 is 4.32 Å². The topological polar surface area (TPSA) is 24.4 Å². The summed E-state index contributed by atoms with van der Waals surface area (Å²) in [7, 11) is 2.71. The Morgan fingerprint density at radius 3 is 2.47 bits per heavy atom. The monoisotopic (exact) mass is 393 g/mol. The standard InChI is InChI=1S/C24H19BFN4/c1-28(2)19-11-9-16(10-12-19)18-13-14-29-22(15-18)27-24-20-7-3-5-17-6-4-8-21(23(17)20)30(24)25(29)26/h3-15H,1-2H3/q+1. The van der Waals surface area contributed by atoms with E-state index in [9.17, 15) is 0 Å². The maximum Gasteiger partial charge on any atom is 0.727 e. The van der Waals surface area contributed by atoms with Gasteiger partial charge >= 0.3 is 13.1 Å². The molecule has 0 radical (unpaired) electrons. The number of halogens is 1. The highest BCUT2D eigenvalue weighted by Crippen LogP contribution is 2.29. The fourth-order valence-corrected chi connectivity index (χ4v) is 4.42. The summed E-state index contributed by atoms with van der Waals surface area (Å²) >= 11 is 0. The fourth-order valence-electron chi connectivity index (χ4n) is 4.42. The molecule has 2 aromatic heterocycles. The van der Waals surface area contributed by atoms with Crippen LogP contribution in [0.5, 0.6) is 0 Å². The van der Waals surface area contributed by atoms with E-state index in [0.717, 1.165) is 38.5 Å². The smallest absolute Gasteiger partial charge is 0.378 e. The van der Waals surface area contributed by atoms with Crippen LogP contribution in [0.1, 0.15) is 0 Å². The minimum absolute atomic E-state index is 0.618. The molecule has 0 amide bonds. The largest absolute Gasteiger partial charge is 0.727 e. The minimum Gasteiger partial charge on any atom is -0.378 e. The lowest BCUT2D eigenvalue weighted by molar-refractivity contribution is -0.536. The number of nitrogens with zero attached hydrogens (tertiary/aromatic N) is 4. The van der Waals surface area contributed by atoms with Gasteiger partial charge in [0.15, 0.2) is 0 Å². The van der Waals surface area contributed by atoms with Crippen molar-refractivity contribution < 1.29 is 8.79 Å². The maximum atomic E-state index is 15.7. The number of anilines is 1. The summed E-state index contributed by atoms with van der Waals surface area (Å²) in [5, 5.41) is 3.15. The summed E-state index contributed by atoms with van der Waals surface area (Å²) in [6.07, 6.45) is 1.79. The molecule has 3 heterocycles. The van der Waals surface area contributed by atoms with Crippen LogP contribution in [0.4, 0.5) is 15.8 Å². The molecule has 0 unspecified atom stereocenters. The molecular formula is C24H19BFN4+. The number of pyridine rings is 1. The highest BCUT2D eigenvalue weighted by Gasteiger charge is 2.39. The quantitative estimate of drug-likeness (QED) is 0.414. The number of hydrogen-bond acceptors (Lipinski definition) is 2. The molecule has 0 aliphatic carbocycles. The molecule has 4 nitrogen and oxygen atoms in total. The fraction of sp³-hybridized carbons (Fsp3) is 0.0833. The van der Waals surface area contributed by atoms with Crippen LogP contribution < -0.4 is 14.9 Å². The average Bonchev–Trinajstić information content (AvgIpc) is 3.09. The van der Waals surface area contributed by atoms with E-state index in [1.54, 1.807) is 15.2 Å². The van der Waals surface area contributed by atoms with Crippen molar-refractivity contribution in [1.29, 1.82) is 0 Å².